The van der Waals surface area contributed by atoms with Crippen molar-refractivity contribution >= 4 is 17.2 Å². The van der Waals surface area contributed by atoms with E-state index in [2.05, 4.69) is 25.3 Å². The van der Waals surface area contributed by atoms with E-state index in [4.69, 9.17) is 10.5 Å². The van der Waals surface area contributed by atoms with Gasteiger partial charge in [-0.05, 0) is 43.1 Å². The van der Waals surface area contributed by atoms with Crippen molar-refractivity contribution in [3.8, 4) is 5.75 Å². The normalized spacial score (nSPS) is 38.1. The standard InChI is InChI=1S/C23H26F2N4O2/c24-22(25)31-17-7-13(10-27-21(17)26)15-9-18(29(15)11-12-1-2-12)23-14-8-16(20(23)19(14)23)28-3-5-30-6-4-28/h7,9-10,12,14,16,19-20,22,26H,1-6,8,11H2/p+1. The number of nitrogens with zero attached hydrogens (tertiary/aromatic N) is 3. The number of pyridine rings is 1. The third-order valence-electron chi connectivity index (χ3n) is 8.57. The maximum Gasteiger partial charge on any atom is 0.387 e. The van der Waals surface area contributed by atoms with Crippen molar-refractivity contribution in [3.05, 3.63) is 23.9 Å². The summed E-state index contributed by atoms with van der Waals surface area (Å²) in [4.78, 5) is 6.77. The van der Waals surface area contributed by atoms with Gasteiger partial charge in [0.2, 0.25) is 5.70 Å². The van der Waals surface area contributed by atoms with Gasteiger partial charge in [0.25, 0.3) is 0 Å². The SMILES string of the molecule is Nc1ncc(C2=CC(C34C5CC(N6CCOCC6)C3C54)=[N+]2CC2CC2)cc1OC(F)F. The summed E-state index contributed by atoms with van der Waals surface area (Å²) >= 11 is 0. The zero-order valence-electron chi connectivity index (χ0n) is 17.3. The molecule has 5 saturated carbocycles. The highest BCUT2D eigenvalue weighted by Gasteiger charge is 2.96. The minimum Gasteiger partial charge on any atom is -0.431 e. The van der Waals surface area contributed by atoms with E-state index in [1.165, 1.54) is 25.0 Å². The average molecular weight is 429 g/mol. The maximum absolute atomic E-state index is 12.8. The first-order chi connectivity index (χ1) is 15.1. The maximum atomic E-state index is 12.8. The average Bonchev–Trinajstić information content (AvgIpc) is 3.70. The summed E-state index contributed by atoms with van der Waals surface area (Å²) in [5.74, 6) is 3.13. The second-order valence-corrected chi connectivity index (χ2v) is 10.00. The van der Waals surface area contributed by atoms with Crippen LogP contribution in [0.3, 0.4) is 0 Å². The molecule has 0 radical (unpaired) electrons. The highest BCUT2D eigenvalue weighted by molar-refractivity contribution is 6.11. The molecule has 5 aliphatic carbocycles. The molecule has 6 nitrogen and oxygen atoms in total. The molecule has 0 spiro atoms. The van der Waals surface area contributed by atoms with Gasteiger partial charge in [0, 0.05) is 31.2 Å². The van der Waals surface area contributed by atoms with E-state index in [1.54, 1.807) is 12.3 Å². The Hall–Kier alpha value is -2.06. The number of nitrogens with two attached hydrogens (primary N) is 1. The van der Waals surface area contributed by atoms with Crippen LogP contribution >= 0.6 is 0 Å². The van der Waals surface area contributed by atoms with Gasteiger partial charge in [-0.3, -0.25) is 4.90 Å². The van der Waals surface area contributed by atoms with Crippen LogP contribution in [-0.2, 0) is 4.74 Å². The van der Waals surface area contributed by atoms with E-state index in [1.807, 2.05) is 0 Å². The van der Waals surface area contributed by atoms with Gasteiger partial charge in [0.05, 0.1) is 30.3 Å². The molecule has 1 aromatic rings. The molecule has 0 aromatic carbocycles. The van der Waals surface area contributed by atoms with E-state index in [9.17, 15) is 8.78 Å². The topological polar surface area (TPSA) is 63.6 Å². The Morgan fingerprint density at radius 3 is 2.81 bits per heavy atom. The predicted octanol–water partition coefficient (Wildman–Crippen LogP) is 2.45. The van der Waals surface area contributed by atoms with Crippen LogP contribution in [0.1, 0.15) is 24.8 Å². The first-order valence-corrected chi connectivity index (χ1v) is 11.5. The van der Waals surface area contributed by atoms with Gasteiger partial charge in [0.15, 0.2) is 23.8 Å². The molecule has 6 fully saturated rings. The number of rotatable bonds is 7. The number of fused-ring (bicyclic) bond motifs is 1. The number of ether oxygens (including phenoxy) is 2. The summed E-state index contributed by atoms with van der Waals surface area (Å²) < 4.78 is 38.1. The number of nitrogen functional groups attached to an aromatic ring is 1. The fourth-order valence-electron chi connectivity index (χ4n) is 6.97. The lowest BCUT2D eigenvalue weighted by atomic mass is 9.92. The molecular weight excluding hydrogens is 402 g/mol. The number of morpholine rings is 1. The van der Waals surface area contributed by atoms with Crippen molar-refractivity contribution in [3.63, 3.8) is 0 Å². The summed E-state index contributed by atoms with van der Waals surface area (Å²) in [5, 5.41) is 0. The van der Waals surface area contributed by atoms with Crippen molar-refractivity contribution in [2.45, 2.75) is 31.9 Å². The second-order valence-electron chi connectivity index (χ2n) is 10.00. The summed E-state index contributed by atoms with van der Waals surface area (Å²) in [6, 6.07) is 2.31. The third-order valence-corrected chi connectivity index (χ3v) is 8.57. The molecule has 3 heterocycles. The summed E-state index contributed by atoms with van der Waals surface area (Å²) in [6.07, 6.45) is 7.83. The zero-order valence-corrected chi connectivity index (χ0v) is 17.3. The largest absolute Gasteiger partial charge is 0.431 e. The van der Waals surface area contributed by atoms with Crippen molar-refractivity contribution in [2.24, 2.45) is 29.1 Å². The lowest BCUT2D eigenvalue weighted by Gasteiger charge is -2.32. The van der Waals surface area contributed by atoms with Crippen molar-refractivity contribution in [1.29, 1.82) is 0 Å². The second kappa shape index (κ2) is 6.25. The predicted molar refractivity (Wildman–Crippen MR) is 110 cm³/mol. The van der Waals surface area contributed by atoms with Crippen LogP contribution in [0.5, 0.6) is 5.75 Å². The summed E-state index contributed by atoms with van der Waals surface area (Å²) in [6.45, 7) is 1.93. The molecule has 1 aromatic heterocycles. The Balaban J connectivity index is 1.16. The van der Waals surface area contributed by atoms with Gasteiger partial charge in [-0.15, -0.1) is 0 Å². The molecule has 0 amide bonds. The highest BCUT2D eigenvalue weighted by Crippen LogP contribution is 2.92. The molecule has 5 atom stereocenters. The van der Waals surface area contributed by atoms with Crippen molar-refractivity contribution in [2.75, 3.05) is 38.6 Å². The minimum absolute atomic E-state index is 0.00337. The van der Waals surface area contributed by atoms with E-state index < -0.39 is 6.61 Å². The Morgan fingerprint density at radius 2 is 2.10 bits per heavy atom. The Labute approximate surface area is 179 Å². The van der Waals surface area contributed by atoms with Crippen LogP contribution < -0.4 is 10.5 Å². The molecule has 2 N–H and O–H groups in total. The third kappa shape index (κ3) is 2.55. The van der Waals surface area contributed by atoms with Gasteiger partial charge < -0.3 is 15.2 Å². The summed E-state index contributed by atoms with van der Waals surface area (Å²) in [7, 11) is 0. The minimum atomic E-state index is -2.91. The molecule has 1 saturated heterocycles. The molecule has 2 bridgehead atoms. The Bertz CT molecular complexity index is 1010. The zero-order chi connectivity index (χ0) is 20.9. The monoisotopic (exact) mass is 429 g/mol. The van der Waals surface area contributed by atoms with Crippen LogP contribution in [0, 0.1) is 29.1 Å². The first-order valence-electron chi connectivity index (χ1n) is 11.5. The first kappa shape index (κ1) is 18.5. The molecule has 8 heteroatoms. The number of alkyl halides is 2. The van der Waals surface area contributed by atoms with Gasteiger partial charge in [0.1, 0.15) is 0 Å². The lowest BCUT2D eigenvalue weighted by molar-refractivity contribution is -0.447. The fraction of sp³-hybridized carbons (Fsp3) is 0.652. The van der Waals surface area contributed by atoms with Gasteiger partial charge in [-0.1, -0.05) is 0 Å². The fourth-order valence-corrected chi connectivity index (χ4v) is 6.97. The van der Waals surface area contributed by atoms with Gasteiger partial charge >= 0.3 is 6.61 Å². The molecular formula is C23H27F2N4O2+. The molecule has 7 aliphatic rings. The smallest absolute Gasteiger partial charge is 0.387 e. The van der Waals surface area contributed by atoms with E-state index in [-0.39, 0.29) is 11.6 Å². The van der Waals surface area contributed by atoms with Crippen LogP contribution in [-0.4, -0.2) is 65.7 Å². The van der Waals surface area contributed by atoms with E-state index in [0.717, 1.165) is 67.8 Å². The number of allylic oxidation sites excluding steroid dienone is 1. The van der Waals surface area contributed by atoms with Gasteiger partial charge in [-0.25, -0.2) is 4.98 Å². The van der Waals surface area contributed by atoms with Crippen molar-refractivity contribution in [1.82, 2.24) is 9.88 Å². The number of anilines is 1. The Morgan fingerprint density at radius 1 is 1.29 bits per heavy atom. The van der Waals surface area contributed by atoms with Crippen LogP contribution in [0.15, 0.2) is 18.3 Å². The molecule has 2 aliphatic heterocycles. The number of hydrogen-bond donors (Lipinski definition) is 1. The van der Waals surface area contributed by atoms with Gasteiger partial charge in [-0.2, -0.15) is 13.4 Å². The molecule has 8 rings (SSSR count). The molecule has 5 unspecified atom stereocenters. The number of hydrogen-bond acceptors (Lipinski definition) is 5. The quantitative estimate of drug-likeness (QED) is 0.675. The lowest BCUT2D eigenvalue weighted by Crippen LogP contribution is -2.44. The van der Waals surface area contributed by atoms with E-state index >= 15 is 0 Å². The molecule has 164 valence electrons. The van der Waals surface area contributed by atoms with Crippen LogP contribution in [0.25, 0.3) is 5.70 Å². The Kier molecular flexibility index (Phi) is 3.73. The highest BCUT2D eigenvalue weighted by atomic mass is 19.3. The number of aromatic nitrogens is 1. The van der Waals surface area contributed by atoms with Crippen LogP contribution in [0.4, 0.5) is 14.6 Å². The number of halogens is 2. The molecule has 31 heavy (non-hydrogen) atoms. The van der Waals surface area contributed by atoms with Crippen molar-refractivity contribution < 1.29 is 22.8 Å². The van der Waals surface area contributed by atoms with Crippen LogP contribution in [0.2, 0.25) is 0 Å². The summed E-state index contributed by atoms with van der Waals surface area (Å²) in [5.41, 5.74) is 9.49. The van der Waals surface area contributed by atoms with E-state index in [0.29, 0.717) is 11.5 Å².